The Morgan fingerprint density at radius 2 is 1.08 bits per heavy atom. The van der Waals surface area contributed by atoms with E-state index in [1.807, 2.05) is 0 Å². The maximum Gasteiger partial charge on any atom is 0.431 e. The van der Waals surface area contributed by atoms with Gasteiger partial charge in [-0.2, -0.15) is 26.3 Å². The monoisotopic (exact) mass is 213 g/mol. The summed E-state index contributed by atoms with van der Waals surface area (Å²) in [6, 6.07) is 0. The van der Waals surface area contributed by atoms with Gasteiger partial charge in [-0.05, 0) is 0 Å². The molecular formula is C5H4F7O. The largest absolute Gasteiger partial charge is 0.431 e. The molecule has 0 atom stereocenters. The lowest BCUT2D eigenvalue weighted by Gasteiger charge is -2.28. The first-order valence-corrected chi connectivity index (χ1v) is 2.97. The summed E-state index contributed by atoms with van der Waals surface area (Å²) in [5, 5.41) is 9.60. The minimum absolute atomic E-state index is 1.78. The Labute approximate surface area is 68.2 Å². The van der Waals surface area contributed by atoms with Crippen molar-refractivity contribution in [3.63, 3.8) is 0 Å². The van der Waals surface area contributed by atoms with E-state index in [1.54, 1.807) is 0 Å². The van der Waals surface area contributed by atoms with Gasteiger partial charge in [0.2, 0.25) is 0 Å². The lowest BCUT2D eigenvalue weighted by Crippen LogP contribution is -2.53. The molecule has 1 radical (unpaired) electrons. The van der Waals surface area contributed by atoms with Gasteiger partial charge in [0, 0.05) is 6.42 Å². The Bertz CT molecular complexity index is 155. The number of alkyl halides is 7. The van der Waals surface area contributed by atoms with Gasteiger partial charge in [-0.1, -0.05) is 0 Å². The Morgan fingerprint density at radius 1 is 0.769 bits per heavy atom. The third-order valence-corrected chi connectivity index (χ3v) is 1.35. The highest BCUT2D eigenvalue weighted by atomic mass is 19.4. The smallest absolute Gasteiger partial charge is 0.237 e. The van der Waals surface area contributed by atoms with E-state index >= 15 is 0 Å². The van der Waals surface area contributed by atoms with Crippen molar-refractivity contribution in [3.05, 3.63) is 0 Å². The zero-order valence-electron chi connectivity index (χ0n) is 5.97. The highest BCUT2D eigenvalue weighted by Gasteiger charge is 2.71. The van der Waals surface area contributed by atoms with E-state index in [0.717, 1.165) is 0 Å². The van der Waals surface area contributed by atoms with Crippen molar-refractivity contribution in [1.29, 1.82) is 0 Å². The Balaban J connectivity index is 4.96. The lowest BCUT2D eigenvalue weighted by molar-refractivity contribution is -0.345. The fourth-order valence-electron chi connectivity index (χ4n) is 0.585. The average Bonchev–Trinajstić information content (AvgIpc) is 1.82. The SMILES string of the molecule is [O]CCC(F)(C(F)(F)F)C(F)(F)F. The molecule has 0 aromatic rings. The highest BCUT2D eigenvalue weighted by Crippen LogP contribution is 2.48. The fraction of sp³-hybridized carbons (Fsp3) is 1.00. The van der Waals surface area contributed by atoms with Crippen LogP contribution in [0.25, 0.3) is 0 Å². The van der Waals surface area contributed by atoms with E-state index in [-0.39, 0.29) is 0 Å². The first kappa shape index (κ1) is 12.5. The molecule has 0 rings (SSSR count). The van der Waals surface area contributed by atoms with Gasteiger partial charge in [-0.15, -0.1) is 0 Å². The van der Waals surface area contributed by atoms with Gasteiger partial charge >= 0.3 is 18.0 Å². The maximum atomic E-state index is 12.4. The summed E-state index contributed by atoms with van der Waals surface area (Å²) in [4.78, 5) is 0. The van der Waals surface area contributed by atoms with E-state index in [1.165, 1.54) is 0 Å². The molecule has 0 aromatic carbocycles. The predicted molar refractivity (Wildman–Crippen MR) is 26.1 cm³/mol. The molecule has 0 saturated heterocycles. The van der Waals surface area contributed by atoms with Gasteiger partial charge in [0.05, 0.1) is 6.61 Å². The Kier molecular flexibility index (Phi) is 3.18. The molecular weight excluding hydrogens is 209 g/mol. The second-order valence-corrected chi connectivity index (χ2v) is 2.25. The molecule has 0 spiro atoms. The molecule has 0 unspecified atom stereocenters. The molecule has 0 saturated carbocycles. The summed E-state index contributed by atoms with van der Waals surface area (Å²) in [6.45, 7) is -1.78. The average molecular weight is 213 g/mol. The molecule has 0 aliphatic rings. The minimum Gasteiger partial charge on any atom is -0.237 e. The minimum atomic E-state index is -6.10. The molecule has 79 valence electrons. The van der Waals surface area contributed by atoms with Crippen LogP contribution in [0.4, 0.5) is 30.7 Å². The maximum absolute atomic E-state index is 12.4. The molecule has 0 amide bonds. The topological polar surface area (TPSA) is 19.9 Å². The molecule has 0 heterocycles. The third kappa shape index (κ3) is 2.23. The zero-order chi connectivity index (χ0) is 10.9. The second kappa shape index (κ2) is 3.32. The number of halogens is 7. The molecule has 0 N–H and O–H groups in total. The molecule has 8 heteroatoms. The van der Waals surface area contributed by atoms with Gasteiger partial charge in [0.15, 0.2) is 0 Å². The molecule has 0 aliphatic heterocycles. The van der Waals surface area contributed by atoms with Crippen LogP contribution in [0.3, 0.4) is 0 Å². The van der Waals surface area contributed by atoms with Gasteiger partial charge in [0.1, 0.15) is 0 Å². The van der Waals surface area contributed by atoms with E-state index in [9.17, 15) is 35.8 Å². The normalized spacial score (nSPS) is 14.8. The van der Waals surface area contributed by atoms with Crippen molar-refractivity contribution in [1.82, 2.24) is 0 Å². The van der Waals surface area contributed by atoms with Crippen LogP contribution in [0.1, 0.15) is 6.42 Å². The quantitative estimate of drug-likeness (QED) is 0.628. The van der Waals surface area contributed by atoms with Crippen molar-refractivity contribution in [2.75, 3.05) is 6.61 Å². The van der Waals surface area contributed by atoms with Crippen LogP contribution in [-0.2, 0) is 5.11 Å². The van der Waals surface area contributed by atoms with Crippen LogP contribution in [0.15, 0.2) is 0 Å². The molecule has 0 bridgehead atoms. The van der Waals surface area contributed by atoms with Crippen LogP contribution >= 0.6 is 0 Å². The van der Waals surface area contributed by atoms with Gasteiger partial charge < -0.3 is 0 Å². The first-order chi connectivity index (χ1) is 5.56. The van der Waals surface area contributed by atoms with Crippen LogP contribution in [0.5, 0.6) is 0 Å². The molecule has 0 fully saturated rings. The van der Waals surface area contributed by atoms with Crippen LogP contribution in [-0.4, -0.2) is 24.6 Å². The van der Waals surface area contributed by atoms with Crippen molar-refractivity contribution < 1.29 is 35.8 Å². The van der Waals surface area contributed by atoms with Gasteiger partial charge in [-0.25, -0.2) is 9.50 Å². The third-order valence-electron chi connectivity index (χ3n) is 1.35. The van der Waals surface area contributed by atoms with Crippen LogP contribution in [0, 0.1) is 0 Å². The molecule has 0 aliphatic carbocycles. The Hall–Kier alpha value is -0.530. The number of hydrogen-bond donors (Lipinski definition) is 0. The van der Waals surface area contributed by atoms with Crippen molar-refractivity contribution in [3.8, 4) is 0 Å². The molecule has 1 nitrogen and oxygen atoms in total. The standard InChI is InChI=1S/C5H4F7O/c6-3(1-2-13,4(7,8)9)5(10,11)12/h1-2H2. The first-order valence-electron chi connectivity index (χ1n) is 2.97. The zero-order valence-corrected chi connectivity index (χ0v) is 5.97. The van der Waals surface area contributed by atoms with Crippen molar-refractivity contribution in [2.45, 2.75) is 24.4 Å². The summed E-state index contributed by atoms with van der Waals surface area (Å²) in [6.07, 6.45) is -14.4. The summed E-state index contributed by atoms with van der Waals surface area (Å²) in [5.41, 5.74) is -5.39. The van der Waals surface area contributed by atoms with E-state index in [0.29, 0.717) is 0 Å². The predicted octanol–water partition coefficient (Wildman–Crippen LogP) is 2.64. The van der Waals surface area contributed by atoms with Gasteiger partial charge in [0.25, 0.3) is 0 Å². The van der Waals surface area contributed by atoms with Crippen molar-refractivity contribution in [2.24, 2.45) is 0 Å². The fourth-order valence-corrected chi connectivity index (χ4v) is 0.585. The van der Waals surface area contributed by atoms with Crippen LogP contribution < -0.4 is 0 Å². The highest BCUT2D eigenvalue weighted by molar-refractivity contribution is 4.93. The summed E-state index contributed by atoms with van der Waals surface area (Å²) >= 11 is 0. The Morgan fingerprint density at radius 3 is 1.15 bits per heavy atom. The van der Waals surface area contributed by atoms with E-state index < -0.39 is 31.0 Å². The molecule has 0 aromatic heterocycles. The number of hydrogen-bond acceptors (Lipinski definition) is 0. The second-order valence-electron chi connectivity index (χ2n) is 2.25. The van der Waals surface area contributed by atoms with E-state index in [4.69, 9.17) is 0 Å². The molecule has 13 heavy (non-hydrogen) atoms. The van der Waals surface area contributed by atoms with Crippen molar-refractivity contribution >= 4 is 0 Å². The van der Waals surface area contributed by atoms with Gasteiger partial charge in [-0.3, -0.25) is 0 Å². The lowest BCUT2D eigenvalue weighted by atomic mass is 10.0. The van der Waals surface area contributed by atoms with E-state index in [2.05, 4.69) is 0 Å². The summed E-state index contributed by atoms with van der Waals surface area (Å²) in [5.74, 6) is 0. The van der Waals surface area contributed by atoms with Crippen LogP contribution in [0.2, 0.25) is 0 Å². The number of rotatable bonds is 2. The summed E-state index contributed by atoms with van der Waals surface area (Å²) in [7, 11) is 0. The summed E-state index contributed by atoms with van der Waals surface area (Å²) < 4.78 is 81.7.